The molecule has 0 aliphatic carbocycles. The van der Waals surface area contributed by atoms with E-state index in [0.29, 0.717) is 0 Å². The molecule has 0 radical (unpaired) electrons. The van der Waals surface area contributed by atoms with Gasteiger partial charge in [-0.15, -0.1) is 0 Å². The molecular weight excluding hydrogens is 128 g/mol. The molecule has 1 aromatic heterocycles. The Hall–Kier alpha value is -0.800. The molecule has 0 bridgehead atoms. The Kier molecular flexibility index (Phi) is 2.09. The Bertz CT molecular complexity index is 181. The molecule has 10 heavy (non-hydrogen) atoms. The first-order valence-corrected chi connectivity index (χ1v) is 3.19. The van der Waals surface area contributed by atoms with Crippen molar-refractivity contribution in [3.05, 3.63) is 24.0 Å². The van der Waals surface area contributed by atoms with Gasteiger partial charge in [0, 0.05) is 18.0 Å². The first-order chi connectivity index (χ1) is 4.72. The molecule has 1 unspecified atom stereocenters. The van der Waals surface area contributed by atoms with Crippen LogP contribution in [-0.4, -0.2) is 29.1 Å². The quantitative estimate of drug-likeness (QED) is 0.589. The standard InChI is InChI=1S/C7H12N2O/c1-9(2)7(10)6-3-4-8-5-6/h3-5,7-8,10H,1-2H3. The zero-order chi connectivity index (χ0) is 7.56. The summed E-state index contributed by atoms with van der Waals surface area (Å²) in [6.07, 6.45) is 3.08. The summed E-state index contributed by atoms with van der Waals surface area (Å²) in [5.41, 5.74) is 0.894. The minimum Gasteiger partial charge on any atom is -0.374 e. The van der Waals surface area contributed by atoms with Crippen LogP contribution in [0.15, 0.2) is 18.5 Å². The Balaban J connectivity index is 2.68. The van der Waals surface area contributed by atoms with E-state index in [1.165, 1.54) is 0 Å². The van der Waals surface area contributed by atoms with E-state index in [1.54, 1.807) is 17.3 Å². The van der Waals surface area contributed by atoms with Crippen LogP contribution in [0.4, 0.5) is 0 Å². The van der Waals surface area contributed by atoms with Crippen molar-refractivity contribution in [3.63, 3.8) is 0 Å². The molecule has 1 rings (SSSR count). The number of rotatable bonds is 2. The first-order valence-electron chi connectivity index (χ1n) is 3.19. The highest BCUT2D eigenvalue weighted by atomic mass is 16.3. The van der Waals surface area contributed by atoms with Gasteiger partial charge in [-0.1, -0.05) is 0 Å². The van der Waals surface area contributed by atoms with Gasteiger partial charge in [-0.05, 0) is 20.2 Å². The lowest BCUT2D eigenvalue weighted by Gasteiger charge is -2.16. The largest absolute Gasteiger partial charge is 0.374 e. The number of nitrogens with zero attached hydrogens (tertiary/aromatic N) is 1. The lowest BCUT2D eigenvalue weighted by atomic mass is 10.3. The summed E-state index contributed by atoms with van der Waals surface area (Å²) >= 11 is 0. The van der Waals surface area contributed by atoms with Crippen LogP contribution in [-0.2, 0) is 0 Å². The van der Waals surface area contributed by atoms with Gasteiger partial charge in [0.05, 0.1) is 0 Å². The van der Waals surface area contributed by atoms with E-state index in [0.717, 1.165) is 5.56 Å². The molecule has 0 amide bonds. The summed E-state index contributed by atoms with van der Waals surface area (Å²) in [6.45, 7) is 0. The molecule has 1 aromatic rings. The lowest BCUT2D eigenvalue weighted by Crippen LogP contribution is -2.18. The molecule has 56 valence electrons. The maximum atomic E-state index is 9.39. The van der Waals surface area contributed by atoms with E-state index in [1.807, 2.05) is 20.2 Å². The van der Waals surface area contributed by atoms with Crippen LogP contribution in [0, 0.1) is 0 Å². The summed E-state index contributed by atoms with van der Waals surface area (Å²) < 4.78 is 0. The summed E-state index contributed by atoms with van der Waals surface area (Å²) in [5, 5.41) is 9.39. The fraction of sp³-hybridized carbons (Fsp3) is 0.429. The van der Waals surface area contributed by atoms with Gasteiger partial charge in [-0.3, -0.25) is 4.90 Å². The van der Waals surface area contributed by atoms with Crippen molar-refractivity contribution in [2.75, 3.05) is 14.1 Å². The van der Waals surface area contributed by atoms with Crippen molar-refractivity contribution < 1.29 is 5.11 Å². The van der Waals surface area contributed by atoms with Crippen LogP contribution in [0.2, 0.25) is 0 Å². The number of aliphatic hydroxyl groups is 1. The number of hydrogen-bond donors (Lipinski definition) is 2. The highest BCUT2D eigenvalue weighted by molar-refractivity contribution is 5.10. The van der Waals surface area contributed by atoms with Gasteiger partial charge in [-0.2, -0.15) is 0 Å². The molecule has 0 aliphatic rings. The second kappa shape index (κ2) is 2.86. The van der Waals surface area contributed by atoms with Crippen LogP contribution in [0.25, 0.3) is 0 Å². The second-order valence-corrected chi connectivity index (χ2v) is 2.48. The molecule has 3 nitrogen and oxygen atoms in total. The average molecular weight is 140 g/mol. The molecule has 0 saturated carbocycles. The normalized spacial score (nSPS) is 14.0. The highest BCUT2D eigenvalue weighted by Crippen LogP contribution is 2.12. The van der Waals surface area contributed by atoms with Gasteiger partial charge in [0.15, 0.2) is 0 Å². The van der Waals surface area contributed by atoms with Gasteiger partial charge >= 0.3 is 0 Å². The first kappa shape index (κ1) is 7.31. The summed E-state index contributed by atoms with van der Waals surface area (Å²) in [4.78, 5) is 4.62. The smallest absolute Gasteiger partial charge is 0.134 e. The molecule has 0 aliphatic heterocycles. The predicted molar refractivity (Wildman–Crippen MR) is 39.4 cm³/mol. The number of aromatic nitrogens is 1. The van der Waals surface area contributed by atoms with Crippen LogP contribution in [0.5, 0.6) is 0 Å². The highest BCUT2D eigenvalue weighted by Gasteiger charge is 2.08. The third-order valence-corrected chi connectivity index (χ3v) is 1.41. The number of hydrogen-bond acceptors (Lipinski definition) is 2. The average Bonchev–Trinajstić information content (AvgIpc) is 2.36. The number of aromatic amines is 1. The predicted octanol–water partition coefficient (Wildman–Crippen LogP) is 0.567. The van der Waals surface area contributed by atoms with Gasteiger partial charge < -0.3 is 10.1 Å². The Morgan fingerprint density at radius 2 is 2.30 bits per heavy atom. The molecule has 0 fully saturated rings. The van der Waals surface area contributed by atoms with E-state index in [-0.39, 0.29) is 0 Å². The molecule has 2 N–H and O–H groups in total. The van der Waals surface area contributed by atoms with E-state index in [9.17, 15) is 5.11 Å². The van der Waals surface area contributed by atoms with Crippen molar-refractivity contribution in [1.29, 1.82) is 0 Å². The zero-order valence-electron chi connectivity index (χ0n) is 6.20. The Labute approximate surface area is 60.3 Å². The van der Waals surface area contributed by atoms with Gasteiger partial charge in [0.25, 0.3) is 0 Å². The van der Waals surface area contributed by atoms with Crippen LogP contribution in [0.1, 0.15) is 11.8 Å². The SMILES string of the molecule is CN(C)C(O)c1cc[nH]c1. The van der Waals surface area contributed by atoms with E-state index in [2.05, 4.69) is 4.98 Å². The third-order valence-electron chi connectivity index (χ3n) is 1.41. The molecular formula is C7H12N2O. The fourth-order valence-electron chi connectivity index (χ4n) is 0.796. The van der Waals surface area contributed by atoms with Crippen LogP contribution < -0.4 is 0 Å². The summed E-state index contributed by atoms with van der Waals surface area (Å²) in [5.74, 6) is 0. The minimum atomic E-state index is -0.494. The van der Waals surface area contributed by atoms with E-state index >= 15 is 0 Å². The van der Waals surface area contributed by atoms with Gasteiger partial charge in [-0.25, -0.2) is 0 Å². The number of nitrogens with one attached hydrogen (secondary N) is 1. The van der Waals surface area contributed by atoms with Crippen LogP contribution in [0.3, 0.4) is 0 Å². The van der Waals surface area contributed by atoms with Crippen molar-refractivity contribution >= 4 is 0 Å². The molecule has 1 heterocycles. The fourth-order valence-corrected chi connectivity index (χ4v) is 0.796. The summed E-state index contributed by atoms with van der Waals surface area (Å²) in [7, 11) is 3.66. The maximum Gasteiger partial charge on any atom is 0.134 e. The molecule has 0 saturated heterocycles. The van der Waals surface area contributed by atoms with Gasteiger partial charge in [0.1, 0.15) is 6.23 Å². The molecule has 1 atom stereocenters. The number of aliphatic hydroxyl groups excluding tert-OH is 1. The van der Waals surface area contributed by atoms with E-state index < -0.39 is 6.23 Å². The van der Waals surface area contributed by atoms with Crippen molar-refractivity contribution in [2.24, 2.45) is 0 Å². The minimum absolute atomic E-state index is 0.494. The lowest BCUT2D eigenvalue weighted by molar-refractivity contribution is 0.0396. The van der Waals surface area contributed by atoms with E-state index in [4.69, 9.17) is 0 Å². The summed E-state index contributed by atoms with van der Waals surface area (Å²) in [6, 6.07) is 1.85. The monoisotopic (exact) mass is 140 g/mol. The molecule has 0 aromatic carbocycles. The molecule has 3 heteroatoms. The van der Waals surface area contributed by atoms with Crippen molar-refractivity contribution in [3.8, 4) is 0 Å². The Morgan fingerprint density at radius 3 is 2.70 bits per heavy atom. The van der Waals surface area contributed by atoms with Gasteiger partial charge in [0.2, 0.25) is 0 Å². The zero-order valence-corrected chi connectivity index (χ0v) is 6.20. The third kappa shape index (κ3) is 1.37. The second-order valence-electron chi connectivity index (χ2n) is 2.48. The Morgan fingerprint density at radius 1 is 1.60 bits per heavy atom. The number of H-pyrrole nitrogens is 1. The van der Waals surface area contributed by atoms with Crippen molar-refractivity contribution in [1.82, 2.24) is 9.88 Å². The van der Waals surface area contributed by atoms with Crippen molar-refractivity contribution in [2.45, 2.75) is 6.23 Å². The molecule has 0 spiro atoms. The topological polar surface area (TPSA) is 39.3 Å². The van der Waals surface area contributed by atoms with Crippen LogP contribution >= 0.6 is 0 Å². The maximum absolute atomic E-state index is 9.39.